The topological polar surface area (TPSA) is 95.9 Å². The van der Waals surface area contributed by atoms with Crippen LogP contribution in [-0.2, 0) is 14.3 Å². The molecule has 0 heterocycles. The number of nitrogens with one attached hydrogen (secondary N) is 1. The van der Waals surface area contributed by atoms with Crippen LogP contribution >= 0.6 is 0 Å². The molecule has 0 spiro atoms. The van der Waals surface area contributed by atoms with Crippen LogP contribution in [0.4, 0.5) is 0 Å². The van der Waals surface area contributed by atoms with Crippen molar-refractivity contribution in [1.82, 2.24) is 5.32 Å². The number of unbranched alkanes of at least 4 members (excludes halogenated alkanes) is 36. The number of carbonyl (C=O) groups is 2. The van der Waals surface area contributed by atoms with Crippen molar-refractivity contribution in [3.63, 3.8) is 0 Å². The molecule has 386 valence electrons. The minimum absolute atomic E-state index is 0.00619. The Kier molecular flexibility index (Phi) is 53.6. The molecule has 3 N–H and O–H groups in total. The quantitative estimate of drug-likeness (QED) is 0.0321. The minimum atomic E-state index is -0.853. The summed E-state index contributed by atoms with van der Waals surface area (Å²) in [5.74, 6) is -0.0892. The molecule has 0 aromatic rings. The fourth-order valence-corrected chi connectivity index (χ4v) is 8.60. The van der Waals surface area contributed by atoms with E-state index in [1.807, 2.05) is 6.08 Å². The molecule has 66 heavy (non-hydrogen) atoms. The van der Waals surface area contributed by atoms with Crippen molar-refractivity contribution >= 4 is 11.9 Å². The van der Waals surface area contributed by atoms with Gasteiger partial charge in [-0.15, -0.1) is 0 Å². The van der Waals surface area contributed by atoms with E-state index in [4.69, 9.17) is 4.74 Å². The molecule has 0 radical (unpaired) electrons. The summed E-state index contributed by atoms with van der Waals surface area (Å²) in [6, 6.07) is -0.638. The predicted molar refractivity (Wildman–Crippen MR) is 287 cm³/mol. The number of hydrogen-bond donors (Lipinski definition) is 3. The van der Waals surface area contributed by atoms with Crippen LogP contribution in [0.1, 0.15) is 296 Å². The lowest BCUT2D eigenvalue weighted by Gasteiger charge is -2.20. The third kappa shape index (κ3) is 51.2. The highest BCUT2D eigenvalue weighted by molar-refractivity contribution is 5.76. The molecule has 2 atom stereocenters. The normalized spacial score (nSPS) is 13.0. The summed E-state index contributed by atoms with van der Waals surface area (Å²) in [5.41, 5.74) is 0. The molecule has 0 saturated carbocycles. The standard InChI is InChI=1S/C60H111NO5/c1-3-5-7-9-11-13-15-17-19-22-26-30-34-38-42-46-50-54-60(65)66-55-51-47-43-39-35-31-27-24-21-20-23-25-29-33-37-41-45-49-53-59(64)61-57(56-62)58(63)52-48-44-40-36-32-28-18-16-14-12-10-8-6-4-2/h11,13,17,19,23,25,48,52,57-58,62-63H,3-10,12,14-16,18,20-22,24,26-47,49-51,53-56H2,1-2H3,(H,61,64)/b13-11-,19-17-,25-23-,52-48+. The molecule has 0 aliphatic heterocycles. The Morgan fingerprint density at radius 3 is 1.20 bits per heavy atom. The van der Waals surface area contributed by atoms with Gasteiger partial charge in [-0.1, -0.05) is 242 Å². The number of aliphatic hydroxyl groups is 2. The zero-order valence-corrected chi connectivity index (χ0v) is 43.9. The van der Waals surface area contributed by atoms with Gasteiger partial charge in [0, 0.05) is 12.8 Å². The van der Waals surface area contributed by atoms with E-state index in [1.165, 1.54) is 199 Å². The maximum Gasteiger partial charge on any atom is 0.305 e. The first-order valence-electron chi connectivity index (χ1n) is 28.9. The number of carbonyl (C=O) groups excluding carboxylic acids is 2. The summed E-state index contributed by atoms with van der Waals surface area (Å²) in [6.45, 7) is 4.86. The minimum Gasteiger partial charge on any atom is -0.466 e. The van der Waals surface area contributed by atoms with Crippen LogP contribution in [0.15, 0.2) is 48.6 Å². The van der Waals surface area contributed by atoms with E-state index in [0.717, 1.165) is 70.6 Å². The summed E-state index contributed by atoms with van der Waals surface area (Å²) in [4.78, 5) is 24.5. The summed E-state index contributed by atoms with van der Waals surface area (Å²) < 4.78 is 5.48. The van der Waals surface area contributed by atoms with E-state index in [0.29, 0.717) is 19.4 Å². The number of rotatable bonds is 53. The second-order valence-corrected chi connectivity index (χ2v) is 19.6. The van der Waals surface area contributed by atoms with Gasteiger partial charge in [0.05, 0.1) is 25.4 Å². The maximum atomic E-state index is 12.4. The Hall–Kier alpha value is -2.18. The molecule has 6 nitrogen and oxygen atoms in total. The largest absolute Gasteiger partial charge is 0.466 e. The monoisotopic (exact) mass is 926 g/mol. The molecule has 0 bridgehead atoms. The summed E-state index contributed by atoms with van der Waals surface area (Å²) in [7, 11) is 0. The van der Waals surface area contributed by atoms with Gasteiger partial charge in [-0.25, -0.2) is 0 Å². The van der Waals surface area contributed by atoms with Crippen LogP contribution in [0.25, 0.3) is 0 Å². The predicted octanol–water partition coefficient (Wildman–Crippen LogP) is 17.8. The van der Waals surface area contributed by atoms with Crippen LogP contribution in [-0.4, -0.2) is 47.4 Å². The first kappa shape index (κ1) is 63.8. The highest BCUT2D eigenvalue weighted by Crippen LogP contribution is 2.16. The van der Waals surface area contributed by atoms with Gasteiger partial charge in [-0.2, -0.15) is 0 Å². The molecule has 0 aromatic carbocycles. The zero-order chi connectivity index (χ0) is 47.9. The number of ether oxygens (including phenoxy) is 1. The zero-order valence-electron chi connectivity index (χ0n) is 43.9. The molecule has 6 heteroatoms. The van der Waals surface area contributed by atoms with Crippen molar-refractivity contribution in [2.24, 2.45) is 0 Å². The molecule has 0 rings (SSSR count). The SMILES string of the molecule is CCCCC/C=C\C/C=C\CCCCCCCCCC(=O)OCCCCCCCCCCC/C=C\CCCCCCCC(=O)NC(CO)C(O)/C=C/CCCCCCCCCCCCCC. The molecule has 1 amide bonds. The van der Waals surface area contributed by atoms with Gasteiger partial charge in [0.25, 0.3) is 0 Å². The summed E-state index contributed by atoms with van der Waals surface area (Å²) >= 11 is 0. The second-order valence-electron chi connectivity index (χ2n) is 19.6. The van der Waals surface area contributed by atoms with Crippen LogP contribution in [0.5, 0.6) is 0 Å². The molecular formula is C60H111NO5. The Balaban J connectivity index is 3.47. The van der Waals surface area contributed by atoms with E-state index in [1.54, 1.807) is 6.08 Å². The Morgan fingerprint density at radius 2 is 0.758 bits per heavy atom. The Morgan fingerprint density at radius 1 is 0.424 bits per heavy atom. The first-order valence-corrected chi connectivity index (χ1v) is 28.9. The number of hydrogen-bond acceptors (Lipinski definition) is 5. The van der Waals surface area contributed by atoms with Crippen molar-refractivity contribution in [2.45, 2.75) is 309 Å². The van der Waals surface area contributed by atoms with Gasteiger partial charge in [0.15, 0.2) is 0 Å². The number of aliphatic hydroxyl groups excluding tert-OH is 2. The van der Waals surface area contributed by atoms with Crippen molar-refractivity contribution < 1.29 is 24.5 Å². The van der Waals surface area contributed by atoms with Crippen LogP contribution in [0.3, 0.4) is 0 Å². The lowest BCUT2D eigenvalue weighted by atomic mass is 10.0. The third-order valence-corrected chi connectivity index (χ3v) is 13.1. The average molecular weight is 927 g/mol. The molecule has 0 saturated heterocycles. The molecule has 0 fully saturated rings. The average Bonchev–Trinajstić information content (AvgIpc) is 3.32. The maximum absolute atomic E-state index is 12.4. The summed E-state index contributed by atoms with van der Waals surface area (Å²) in [5, 5.41) is 23.1. The number of allylic oxidation sites excluding steroid dienone is 7. The Bertz CT molecular complexity index is 1110. The number of esters is 1. The van der Waals surface area contributed by atoms with Crippen LogP contribution < -0.4 is 5.32 Å². The molecular weight excluding hydrogens is 815 g/mol. The van der Waals surface area contributed by atoms with E-state index in [2.05, 4.69) is 55.6 Å². The van der Waals surface area contributed by atoms with Gasteiger partial charge in [-0.3, -0.25) is 9.59 Å². The Labute approximate surface area is 410 Å². The van der Waals surface area contributed by atoms with Crippen LogP contribution in [0.2, 0.25) is 0 Å². The summed E-state index contributed by atoms with van der Waals surface area (Å²) in [6.07, 6.45) is 69.8. The molecule has 2 unspecified atom stereocenters. The lowest BCUT2D eigenvalue weighted by Crippen LogP contribution is -2.45. The van der Waals surface area contributed by atoms with Crippen molar-refractivity contribution in [1.29, 1.82) is 0 Å². The first-order chi connectivity index (χ1) is 32.5. The van der Waals surface area contributed by atoms with Crippen molar-refractivity contribution in [2.75, 3.05) is 13.2 Å². The van der Waals surface area contributed by atoms with Crippen molar-refractivity contribution in [3.05, 3.63) is 48.6 Å². The van der Waals surface area contributed by atoms with E-state index >= 15 is 0 Å². The van der Waals surface area contributed by atoms with Gasteiger partial charge >= 0.3 is 5.97 Å². The second kappa shape index (κ2) is 55.4. The number of amides is 1. The van der Waals surface area contributed by atoms with Gasteiger partial charge in [0.2, 0.25) is 5.91 Å². The molecule has 0 aromatic heterocycles. The van der Waals surface area contributed by atoms with Crippen molar-refractivity contribution in [3.8, 4) is 0 Å². The fraction of sp³-hybridized carbons (Fsp3) is 0.833. The van der Waals surface area contributed by atoms with Gasteiger partial charge in [-0.05, 0) is 89.9 Å². The third-order valence-electron chi connectivity index (χ3n) is 13.1. The van der Waals surface area contributed by atoms with Gasteiger partial charge in [0.1, 0.15) is 0 Å². The lowest BCUT2D eigenvalue weighted by molar-refractivity contribution is -0.143. The highest BCUT2D eigenvalue weighted by Gasteiger charge is 2.18. The molecule has 0 aliphatic carbocycles. The van der Waals surface area contributed by atoms with E-state index in [-0.39, 0.29) is 18.5 Å². The van der Waals surface area contributed by atoms with E-state index < -0.39 is 12.1 Å². The van der Waals surface area contributed by atoms with Gasteiger partial charge < -0.3 is 20.3 Å². The fourth-order valence-electron chi connectivity index (χ4n) is 8.60. The van der Waals surface area contributed by atoms with Crippen LogP contribution in [0, 0.1) is 0 Å². The van der Waals surface area contributed by atoms with E-state index in [9.17, 15) is 19.8 Å². The molecule has 0 aliphatic rings. The smallest absolute Gasteiger partial charge is 0.305 e. The highest BCUT2D eigenvalue weighted by atomic mass is 16.5.